The van der Waals surface area contributed by atoms with Crippen molar-refractivity contribution in [3.63, 3.8) is 0 Å². The van der Waals surface area contributed by atoms with E-state index < -0.39 is 0 Å². The van der Waals surface area contributed by atoms with Crippen molar-refractivity contribution in [1.82, 2.24) is 4.98 Å². The normalized spacial score (nSPS) is 10.1. The van der Waals surface area contributed by atoms with Crippen LogP contribution in [0.15, 0.2) is 24.5 Å². The van der Waals surface area contributed by atoms with Crippen LogP contribution >= 0.6 is 0 Å². The molecule has 0 aliphatic rings. The molecule has 0 bridgehead atoms. The van der Waals surface area contributed by atoms with E-state index in [1.807, 2.05) is 12.1 Å². The second-order valence-electron chi connectivity index (χ2n) is 3.46. The van der Waals surface area contributed by atoms with Crippen molar-refractivity contribution < 1.29 is 4.74 Å². The fourth-order valence-corrected chi connectivity index (χ4v) is 1.38. The Morgan fingerprint density at radius 2 is 2.12 bits per heavy atom. The molecule has 1 heterocycles. The highest BCUT2D eigenvalue weighted by molar-refractivity contribution is 5.77. The summed E-state index contributed by atoms with van der Waals surface area (Å²) in [6, 6.07) is 3.88. The van der Waals surface area contributed by atoms with Gasteiger partial charge in [-0.3, -0.25) is 10.4 Å². The van der Waals surface area contributed by atoms with Crippen LogP contribution in [0.4, 0.5) is 5.69 Å². The highest BCUT2D eigenvalue weighted by atomic mass is 16.5. The van der Waals surface area contributed by atoms with Gasteiger partial charge in [-0.1, -0.05) is 0 Å². The first-order chi connectivity index (χ1) is 7.74. The molecule has 1 rings (SSSR count). The van der Waals surface area contributed by atoms with E-state index in [1.165, 1.54) is 0 Å². The predicted molar refractivity (Wildman–Crippen MR) is 64.9 cm³/mol. The third-order valence-electron chi connectivity index (χ3n) is 2.24. The first-order valence-corrected chi connectivity index (χ1v) is 5.21. The van der Waals surface area contributed by atoms with Crippen LogP contribution in [0.3, 0.4) is 0 Å². The molecule has 0 saturated heterocycles. The van der Waals surface area contributed by atoms with Gasteiger partial charge in [-0.15, -0.1) is 0 Å². The predicted octanol–water partition coefficient (Wildman–Crippen LogP) is 0.860. The number of aromatic nitrogens is 1. The lowest BCUT2D eigenvalue weighted by atomic mass is 10.3. The van der Waals surface area contributed by atoms with Crippen LogP contribution in [0.25, 0.3) is 0 Å². The maximum atomic E-state index is 7.23. The van der Waals surface area contributed by atoms with E-state index in [2.05, 4.69) is 9.88 Å². The minimum Gasteiger partial charge on any atom is -0.388 e. The monoisotopic (exact) mass is 222 g/mol. The molecule has 0 amide bonds. The molecule has 5 nitrogen and oxygen atoms in total. The molecule has 0 aliphatic heterocycles. The summed E-state index contributed by atoms with van der Waals surface area (Å²) in [7, 11) is 1.68. The lowest BCUT2D eigenvalue weighted by molar-refractivity contribution is 0.205. The molecule has 16 heavy (non-hydrogen) atoms. The molecular weight excluding hydrogens is 204 g/mol. The Morgan fingerprint density at radius 3 is 2.69 bits per heavy atom. The van der Waals surface area contributed by atoms with Gasteiger partial charge < -0.3 is 15.4 Å². The molecule has 1 aromatic rings. The van der Waals surface area contributed by atoms with E-state index in [9.17, 15) is 0 Å². The van der Waals surface area contributed by atoms with E-state index in [4.69, 9.17) is 15.9 Å². The van der Waals surface area contributed by atoms with Crippen LogP contribution in [-0.4, -0.2) is 37.6 Å². The summed E-state index contributed by atoms with van der Waals surface area (Å²) in [5.41, 5.74) is 6.44. The largest absolute Gasteiger partial charge is 0.388 e. The van der Waals surface area contributed by atoms with Gasteiger partial charge >= 0.3 is 0 Å². The number of anilines is 1. The third kappa shape index (κ3) is 4.27. The molecule has 0 spiro atoms. The van der Waals surface area contributed by atoms with Gasteiger partial charge in [0.1, 0.15) is 0 Å². The molecule has 0 aromatic carbocycles. The lowest BCUT2D eigenvalue weighted by Crippen LogP contribution is -2.30. The first kappa shape index (κ1) is 12.4. The number of amidine groups is 1. The summed E-state index contributed by atoms with van der Waals surface area (Å²) in [4.78, 5) is 6.11. The van der Waals surface area contributed by atoms with Gasteiger partial charge in [-0.05, 0) is 12.1 Å². The molecule has 0 radical (unpaired) electrons. The second kappa shape index (κ2) is 6.79. The number of nitrogens with two attached hydrogens (primary N) is 1. The van der Waals surface area contributed by atoms with Crippen LogP contribution in [0.1, 0.15) is 6.42 Å². The van der Waals surface area contributed by atoms with Gasteiger partial charge in [0.05, 0.1) is 12.4 Å². The van der Waals surface area contributed by atoms with E-state index in [0.717, 1.165) is 18.8 Å². The van der Waals surface area contributed by atoms with Crippen LogP contribution < -0.4 is 10.6 Å². The second-order valence-corrected chi connectivity index (χ2v) is 3.46. The first-order valence-electron chi connectivity index (χ1n) is 5.21. The number of rotatable bonds is 7. The molecule has 0 atom stereocenters. The van der Waals surface area contributed by atoms with Gasteiger partial charge in [-0.2, -0.15) is 0 Å². The third-order valence-corrected chi connectivity index (χ3v) is 2.24. The number of nitrogens with zero attached hydrogens (tertiary/aromatic N) is 2. The summed E-state index contributed by atoms with van der Waals surface area (Å²) < 4.78 is 5.06. The van der Waals surface area contributed by atoms with E-state index >= 15 is 0 Å². The average Bonchev–Trinajstić information content (AvgIpc) is 2.30. The van der Waals surface area contributed by atoms with Gasteiger partial charge in [0, 0.05) is 44.7 Å². The van der Waals surface area contributed by atoms with E-state index in [-0.39, 0.29) is 5.84 Å². The van der Waals surface area contributed by atoms with Gasteiger partial charge in [-0.25, -0.2) is 0 Å². The number of nitrogens with one attached hydrogen (secondary N) is 1. The zero-order valence-corrected chi connectivity index (χ0v) is 9.52. The molecular formula is C11H18N4O. The molecule has 88 valence electrons. The fraction of sp³-hybridized carbons (Fsp3) is 0.455. The van der Waals surface area contributed by atoms with Crippen LogP contribution in [0, 0.1) is 5.41 Å². The van der Waals surface area contributed by atoms with Crippen molar-refractivity contribution in [3.8, 4) is 0 Å². The maximum Gasteiger partial charge on any atom is 0.0923 e. The molecule has 5 heteroatoms. The van der Waals surface area contributed by atoms with Crippen LogP contribution in [-0.2, 0) is 4.74 Å². The van der Waals surface area contributed by atoms with E-state index in [1.54, 1.807) is 19.5 Å². The van der Waals surface area contributed by atoms with Crippen molar-refractivity contribution in [1.29, 1.82) is 5.41 Å². The number of hydrogen-bond donors (Lipinski definition) is 2. The fourth-order valence-electron chi connectivity index (χ4n) is 1.38. The average molecular weight is 222 g/mol. The summed E-state index contributed by atoms with van der Waals surface area (Å²) in [5.74, 6) is 0.205. The number of pyridine rings is 1. The van der Waals surface area contributed by atoms with Crippen molar-refractivity contribution in [3.05, 3.63) is 24.5 Å². The SMILES string of the molecule is COCCN(CCC(=N)N)c1ccncc1. The van der Waals surface area contributed by atoms with Crippen LogP contribution in [0.2, 0.25) is 0 Å². The Kier molecular flexibility index (Phi) is 5.28. The molecule has 0 saturated carbocycles. The Labute approximate surface area is 95.7 Å². The Hall–Kier alpha value is -1.62. The molecule has 0 unspecified atom stereocenters. The topological polar surface area (TPSA) is 75.2 Å². The van der Waals surface area contributed by atoms with Crippen molar-refractivity contribution >= 4 is 11.5 Å². The molecule has 1 aromatic heterocycles. The van der Waals surface area contributed by atoms with Crippen molar-refractivity contribution in [2.24, 2.45) is 5.73 Å². The van der Waals surface area contributed by atoms with Crippen LogP contribution in [0.5, 0.6) is 0 Å². The van der Waals surface area contributed by atoms with Gasteiger partial charge in [0.25, 0.3) is 0 Å². The lowest BCUT2D eigenvalue weighted by Gasteiger charge is -2.24. The molecule has 0 fully saturated rings. The minimum absolute atomic E-state index is 0.205. The highest BCUT2D eigenvalue weighted by Gasteiger charge is 2.06. The summed E-state index contributed by atoms with van der Waals surface area (Å²) in [5, 5.41) is 7.23. The van der Waals surface area contributed by atoms with Gasteiger partial charge in [0.15, 0.2) is 0 Å². The number of hydrogen-bond acceptors (Lipinski definition) is 4. The number of methoxy groups -OCH3 is 1. The summed E-state index contributed by atoms with van der Waals surface area (Å²) in [6.45, 7) is 2.16. The maximum absolute atomic E-state index is 7.23. The summed E-state index contributed by atoms with van der Waals surface area (Å²) in [6.07, 6.45) is 4.07. The zero-order valence-electron chi connectivity index (χ0n) is 9.52. The van der Waals surface area contributed by atoms with Gasteiger partial charge in [0.2, 0.25) is 0 Å². The summed E-state index contributed by atoms with van der Waals surface area (Å²) >= 11 is 0. The minimum atomic E-state index is 0.205. The van der Waals surface area contributed by atoms with Crippen molar-refractivity contribution in [2.45, 2.75) is 6.42 Å². The molecule has 3 N–H and O–H groups in total. The Morgan fingerprint density at radius 1 is 1.44 bits per heavy atom. The molecule has 0 aliphatic carbocycles. The number of ether oxygens (including phenoxy) is 1. The quantitative estimate of drug-likeness (QED) is 0.530. The Balaban J connectivity index is 2.59. The highest BCUT2D eigenvalue weighted by Crippen LogP contribution is 2.11. The standard InChI is InChI=1S/C11H18N4O/c1-16-9-8-15(7-4-11(12)13)10-2-5-14-6-3-10/h2-3,5-6H,4,7-9H2,1H3,(H3,12,13). The zero-order chi connectivity index (χ0) is 11.8. The Bertz CT molecular complexity index is 315. The smallest absolute Gasteiger partial charge is 0.0923 e. The van der Waals surface area contributed by atoms with E-state index in [0.29, 0.717) is 13.0 Å². The van der Waals surface area contributed by atoms with Crippen molar-refractivity contribution in [2.75, 3.05) is 31.7 Å².